The van der Waals surface area contributed by atoms with Crippen LogP contribution in [-0.2, 0) is 10.0 Å². The number of nitrogens with one attached hydrogen (secondary N) is 1. The van der Waals surface area contributed by atoms with Gasteiger partial charge in [-0.25, -0.2) is 12.7 Å². The summed E-state index contributed by atoms with van der Waals surface area (Å²) in [5.41, 5.74) is 1.24. The van der Waals surface area contributed by atoms with Crippen molar-refractivity contribution in [3.63, 3.8) is 0 Å². The van der Waals surface area contributed by atoms with Crippen molar-refractivity contribution >= 4 is 15.9 Å². The summed E-state index contributed by atoms with van der Waals surface area (Å²) in [6, 6.07) is 11.1. The van der Waals surface area contributed by atoms with Gasteiger partial charge in [0.05, 0.1) is 24.7 Å². The molecule has 0 bridgehead atoms. The Hall–Kier alpha value is -2.58. The van der Waals surface area contributed by atoms with Crippen molar-refractivity contribution in [1.82, 2.24) is 9.62 Å². The molecule has 7 nitrogen and oxygen atoms in total. The van der Waals surface area contributed by atoms with E-state index in [1.165, 1.54) is 38.4 Å². The minimum atomic E-state index is -3.53. The Morgan fingerprint density at radius 1 is 1.11 bits per heavy atom. The molecule has 0 heterocycles. The van der Waals surface area contributed by atoms with Crippen molar-refractivity contribution < 1.29 is 22.7 Å². The van der Waals surface area contributed by atoms with Gasteiger partial charge in [0.15, 0.2) is 11.5 Å². The van der Waals surface area contributed by atoms with Gasteiger partial charge < -0.3 is 14.8 Å². The Kier molecular flexibility index (Phi) is 7.04. The number of carbonyl (C=O) groups is 1. The highest BCUT2D eigenvalue weighted by molar-refractivity contribution is 7.89. The highest BCUT2D eigenvalue weighted by Gasteiger charge is 2.18. The maximum absolute atomic E-state index is 12.5. The molecule has 0 aliphatic heterocycles. The monoisotopic (exact) mass is 406 g/mol. The quantitative estimate of drug-likeness (QED) is 0.729. The lowest BCUT2D eigenvalue weighted by Crippen LogP contribution is -2.27. The molecule has 1 unspecified atom stereocenters. The molecule has 0 saturated carbocycles. The molecular weight excluding hydrogens is 380 g/mol. The predicted molar refractivity (Wildman–Crippen MR) is 107 cm³/mol. The van der Waals surface area contributed by atoms with Crippen molar-refractivity contribution in [2.45, 2.75) is 24.8 Å². The SMILES string of the molecule is CCOc1ccc(C(C)NC(=O)c2ccc(S(=O)(=O)N(C)C)cc2)cc1OC. The van der Waals surface area contributed by atoms with E-state index in [1.807, 2.05) is 26.0 Å². The molecule has 2 aromatic rings. The van der Waals surface area contributed by atoms with E-state index in [2.05, 4.69) is 5.32 Å². The highest BCUT2D eigenvalue weighted by atomic mass is 32.2. The number of ether oxygens (including phenoxy) is 2. The summed E-state index contributed by atoms with van der Waals surface area (Å²) in [6.07, 6.45) is 0. The first kappa shape index (κ1) is 21.7. The minimum Gasteiger partial charge on any atom is -0.493 e. The Labute approximate surface area is 166 Å². The van der Waals surface area contributed by atoms with Gasteiger partial charge in [-0.1, -0.05) is 6.07 Å². The first-order valence-electron chi connectivity index (χ1n) is 8.84. The number of amides is 1. The largest absolute Gasteiger partial charge is 0.493 e. The Morgan fingerprint density at radius 2 is 1.75 bits per heavy atom. The van der Waals surface area contributed by atoms with Crippen LogP contribution in [0.3, 0.4) is 0 Å². The molecule has 0 aliphatic rings. The van der Waals surface area contributed by atoms with Crippen LogP contribution in [0.25, 0.3) is 0 Å². The van der Waals surface area contributed by atoms with Gasteiger partial charge in [0, 0.05) is 19.7 Å². The number of rotatable bonds is 8. The summed E-state index contributed by atoms with van der Waals surface area (Å²) in [5.74, 6) is 0.942. The average molecular weight is 407 g/mol. The molecule has 28 heavy (non-hydrogen) atoms. The van der Waals surface area contributed by atoms with Crippen LogP contribution in [0, 0.1) is 0 Å². The molecule has 1 atom stereocenters. The summed E-state index contributed by atoms with van der Waals surface area (Å²) in [4.78, 5) is 12.7. The number of hydrogen-bond acceptors (Lipinski definition) is 5. The second-order valence-corrected chi connectivity index (χ2v) is 8.50. The van der Waals surface area contributed by atoms with Crippen LogP contribution < -0.4 is 14.8 Å². The number of carbonyl (C=O) groups excluding carboxylic acids is 1. The Morgan fingerprint density at radius 3 is 2.29 bits per heavy atom. The third kappa shape index (κ3) is 4.82. The van der Waals surface area contributed by atoms with Crippen molar-refractivity contribution in [2.24, 2.45) is 0 Å². The summed E-state index contributed by atoms with van der Waals surface area (Å²) in [7, 11) is 0.960. The third-order valence-electron chi connectivity index (χ3n) is 4.23. The first-order chi connectivity index (χ1) is 13.2. The Bertz CT molecular complexity index is 924. The molecule has 0 aromatic heterocycles. The zero-order valence-electron chi connectivity index (χ0n) is 16.7. The summed E-state index contributed by atoms with van der Waals surface area (Å²) in [6.45, 7) is 4.28. The van der Waals surface area contributed by atoms with Crippen LogP contribution in [0.1, 0.15) is 35.8 Å². The van der Waals surface area contributed by atoms with E-state index < -0.39 is 10.0 Å². The molecule has 2 aromatic carbocycles. The second kappa shape index (κ2) is 9.07. The van der Waals surface area contributed by atoms with Crippen LogP contribution in [0.5, 0.6) is 11.5 Å². The zero-order chi connectivity index (χ0) is 20.9. The minimum absolute atomic E-state index is 0.137. The number of hydrogen-bond donors (Lipinski definition) is 1. The molecular formula is C20H26N2O5S. The van der Waals surface area contributed by atoms with E-state index in [-0.39, 0.29) is 16.8 Å². The molecule has 0 radical (unpaired) electrons. The number of benzene rings is 2. The topological polar surface area (TPSA) is 84.9 Å². The first-order valence-corrected chi connectivity index (χ1v) is 10.3. The maximum atomic E-state index is 12.5. The van der Waals surface area contributed by atoms with Gasteiger partial charge in [0.1, 0.15) is 0 Å². The van der Waals surface area contributed by atoms with Crippen LogP contribution in [0.4, 0.5) is 0 Å². The Balaban J connectivity index is 2.14. The van der Waals surface area contributed by atoms with E-state index in [0.717, 1.165) is 9.87 Å². The fourth-order valence-corrected chi connectivity index (χ4v) is 3.48. The van der Waals surface area contributed by atoms with E-state index in [0.29, 0.717) is 23.7 Å². The lowest BCUT2D eigenvalue weighted by molar-refractivity contribution is 0.0939. The molecule has 1 amide bonds. The average Bonchev–Trinajstić information content (AvgIpc) is 2.68. The lowest BCUT2D eigenvalue weighted by atomic mass is 10.1. The summed E-state index contributed by atoms with van der Waals surface area (Å²) in [5, 5.41) is 2.90. The van der Waals surface area contributed by atoms with E-state index in [1.54, 1.807) is 13.2 Å². The molecule has 0 aliphatic carbocycles. The molecule has 152 valence electrons. The second-order valence-electron chi connectivity index (χ2n) is 6.35. The zero-order valence-corrected chi connectivity index (χ0v) is 17.5. The van der Waals surface area contributed by atoms with Gasteiger partial charge in [-0.2, -0.15) is 0 Å². The van der Waals surface area contributed by atoms with Crippen molar-refractivity contribution in [1.29, 1.82) is 0 Å². The number of nitrogens with zero attached hydrogens (tertiary/aromatic N) is 1. The van der Waals surface area contributed by atoms with E-state index in [4.69, 9.17) is 9.47 Å². The third-order valence-corrected chi connectivity index (χ3v) is 6.06. The van der Waals surface area contributed by atoms with Crippen molar-refractivity contribution in [3.8, 4) is 11.5 Å². The molecule has 0 fully saturated rings. The normalized spacial score (nSPS) is 12.5. The van der Waals surface area contributed by atoms with Gasteiger partial charge in [0.25, 0.3) is 5.91 Å². The van der Waals surface area contributed by atoms with Gasteiger partial charge in [0.2, 0.25) is 10.0 Å². The fraction of sp³-hybridized carbons (Fsp3) is 0.350. The smallest absolute Gasteiger partial charge is 0.251 e. The molecule has 2 rings (SSSR count). The number of sulfonamides is 1. The van der Waals surface area contributed by atoms with E-state index >= 15 is 0 Å². The molecule has 0 saturated heterocycles. The van der Waals surface area contributed by atoms with E-state index in [9.17, 15) is 13.2 Å². The van der Waals surface area contributed by atoms with Crippen LogP contribution >= 0.6 is 0 Å². The van der Waals surface area contributed by atoms with Gasteiger partial charge in [-0.3, -0.25) is 4.79 Å². The number of methoxy groups -OCH3 is 1. The summed E-state index contributed by atoms with van der Waals surface area (Å²) >= 11 is 0. The maximum Gasteiger partial charge on any atom is 0.251 e. The lowest BCUT2D eigenvalue weighted by Gasteiger charge is -2.17. The molecule has 8 heteroatoms. The molecule has 1 N–H and O–H groups in total. The van der Waals surface area contributed by atoms with Crippen molar-refractivity contribution in [2.75, 3.05) is 27.8 Å². The van der Waals surface area contributed by atoms with Gasteiger partial charge in [-0.15, -0.1) is 0 Å². The van der Waals surface area contributed by atoms with Crippen molar-refractivity contribution in [3.05, 3.63) is 53.6 Å². The van der Waals surface area contributed by atoms with Gasteiger partial charge >= 0.3 is 0 Å². The van der Waals surface area contributed by atoms with Crippen LogP contribution in [-0.4, -0.2) is 46.4 Å². The van der Waals surface area contributed by atoms with Gasteiger partial charge in [-0.05, 0) is 55.8 Å². The predicted octanol–water partition coefficient (Wildman–Crippen LogP) is 2.84. The summed E-state index contributed by atoms with van der Waals surface area (Å²) < 4.78 is 36.2. The van der Waals surface area contributed by atoms with Crippen LogP contribution in [0.15, 0.2) is 47.4 Å². The highest BCUT2D eigenvalue weighted by Crippen LogP contribution is 2.30. The fourth-order valence-electron chi connectivity index (χ4n) is 2.58. The molecule has 0 spiro atoms. The standard InChI is InChI=1S/C20H26N2O5S/c1-6-27-18-12-9-16(13-19(18)26-5)14(2)21-20(23)15-7-10-17(11-8-15)28(24,25)22(3)4/h7-14H,6H2,1-5H3,(H,21,23). The van der Waals surface area contributed by atoms with Crippen LogP contribution in [0.2, 0.25) is 0 Å².